The summed E-state index contributed by atoms with van der Waals surface area (Å²) in [7, 11) is 1.86. The first kappa shape index (κ1) is 12.5. The van der Waals surface area contributed by atoms with Crippen molar-refractivity contribution in [2.75, 3.05) is 7.05 Å². The van der Waals surface area contributed by atoms with Gasteiger partial charge in [-0.2, -0.15) is 0 Å². The van der Waals surface area contributed by atoms with Crippen LogP contribution in [0.2, 0.25) is 0 Å². The van der Waals surface area contributed by atoms with Crippen LogP contribution in [0.1, 0.15) is 45.4 Å². The zero-order chi connectivity index (χ0) is 11.3. The van der Waals surface area contributed by atoms with Gasteiger partial charge in [-0.25, -0.2) is 0 Å². The molecule has 0 aromatic carbocycles. The van der Waals surface area contributed by atoms with E-state index >= 15 is 0 Å². The lowest BCUT2D eigenvalue weighted by molar-refractivity contribution is -0.137. The van der Waals surface area contributed by atoms with Crippen molar-refractivity contribution in [2.45, 2.75) is 51.5 Å². The highest BCUT2D eigenvalue weighted by Gasteiger charge is 2.24. The van der Waals surface area contributed by atoms with E-state index in [1.165, 1.54) is 25.7 Å². The van der Waals surface area contributed by atoms with Crippen LogP contribution in [0.25, 0.3) is 0 Å². The maximum atomic E-state index is 10.6. The SMILES string of the molecule is CNC(CC(=O)O)CC(C)C1CCCC1. The molecule has 0 saturated heterocycles. The number of carboxylic acid groups (broad SMARTS) is 1. The summed E-state index contributed by atoms with van der Waals surface area (Å²) in [5.41, 5.74) is 0. The topological polar surface area (TPSA) is 49.3 Å². The summed E-state index contributed by atoms with van der Waals surface area (Å²) >= 11 is 0. The summed E-state index contributed by atoms with van der Waals surface area (Å²) in [4.78, 5) is 10.6. The van der Waals surface area contributed by atoms with Crippen molar-refractivity contribution in [1.29, 1.82) is 0 Å². The number of carbonyl (C=O) groups is 1. The van der Waals surface area contributed by atoms with Gasteiger partial charge >= 0.3 is 5.97 Å². The molecule has 0 bridgehead atoms. The zero-order valence-electron chi connectivity index (χ0n) is 9.83. The maximum absolute atomic E-state index is 10.6. The minimum Gasteiger partial charge on any atom is -0.481 e. The third kappa shape index (κ3) is 4.20. The Bertz CT molecular complexity index is 200. The smallest absolute Gasteiger partial charge is 0.304 e. The van der Waals surface area contributed by atoms with E-state index in [0.29, 0.717) is 5.92 Å². The fourth-order valence-corrected chi connectivity index (χ4v) is 2.68. The Hall–Kier alpha value is -0.570. The average Bonchev–Trinajstić information content (AvgIpc) is 2.68. The summed E-state index contributed by atoms with van der Waals surface area (Å²) in [6.07, 6.45) is 6.63. The number of hydrogen-bond donors (Lipinski definition) is 2. The molecule has 1 fully saturated rings. The van der Waals surface area contributed by atoms with Gasteiger partial charge in [0.2, 0.25) is 0 Å². The van der Waals surface area contributed by atoms with E-state index in [1.807, 2.05) is 7.05 Å². The Balaban J connectivity index is 2.32. The number of rotatable bonds is 6. The molecular formula is C12H23NO2. The van der Waals surface area contributed by atoms with E-state index < -0.39 is 5.97 Å². The molecule has 15 heavy (non-hydrogen) atoms. The van der Waals surface area contributed by atoms with E-state index in [4.69, 9.17) is 5.11 Å². The average molecular weight is 213 g/mol. The first-order valence-corrected chi connectivity index (χ1v) is 6.02. The highest BCUT2D eigenvalue weighted by atomic mass is 16.4. The molecule has 1 saturated carbocycles. The van der Waals surface area contributed by atoms with E-state index in [0.717, 1.165) is 12.3 Å². The molecule has 0 aliphatic heterocycles. The molecule has 2 N–H and O–H groups in total. The van der Waals surface area contributed by atoms with E-state index in [9.17, 15) is 4.79 Å². The molecule has 88 valence electrons. The highest BCUT2D eigenvalue weighted by Crippen LogP contribution is 2.33. The van der Waals surface area contributed by atoms with Crippen LogP contribution in [-0.2, 0) is 4.79 Å². The largest absolute Gasteiger partial charge is 0.481 e. The molecule has 1 aliphatic carbocycles. The minimum absolute atomic E-state index is 0.137. The molecule has 0 amide bonds. The number of aliphatic carboxylic acids is 1. The van der Waals surface area contributed by atoms with Crippen molar-refractivity contribution < 1.29 is 9.90 Å². The van der Waals surface area contributed by atoms with Gasteiger partial charge in [0.05, 0.1) is 6.42 Å². The maximum Gasteiger partial charge on any atom is 0.304 e. The third-order valence-corrected chi connectivity index (χ3v) is 3.69. The van der Waals surface area contributed by atoms with Crippen LogP contribution < -0.4 is 5.32 Å². The molecule has 2 atom stereocenters. The van der Waals surface area contributed by atoms with Crippen molar-refractivity contribution in [3.8, 4) is 0 Å². The van der Waals surface area contributed by atoms with Gasteiger partial charge in [0.25, 0.3) is 0 Å². The van der Waals surface area contributed by atoms with Gasteiger partial charge in [0, 0.05) is 6.04 Å². The summed E-state index contributed by atoms with van der Waals surface area (Å²) in [5, 5.41) is 11.9. The lowest BCUT2D eigenvalue weighted by Gasteiger charge is -2.23. The molecule has 1 rings (SSSR count). The summed E-state index contributed by atoms with van der Waals surface area (Å²) in [6.45, 7) is 2.27. The van der Waals surface area contributed by atoms with Crippen molar-refractivity contribution in [2.24, 2.45) is 11.8 Å². The minimum atomic E-state index is -0.701. The molecule has 0 heterocycles. The quantitative estimate of drug-likeness (QED) is 0.711. The van der Waals surface area contributed by atoms with Gasteiger partial charge < -0.3 is 10.4 Å². The van der Waals surface area contributed by atoms with Crippen molar-refractivity contribution in [3.05, 3.63) is 0 Å². The second-order valence-electron chi connectivity index (χ2n) is 4.84. The van der Waals surface area contributed by atoms with Crippen LogP contribution >= 0.6 is 0 Å². The van der Waals surface area contributed by atoms with E-state index in [1.54, 1.807) is 0 Å². The second-order valence-corrected chi connectivity index (χ2v) is 4.84. The highest BCUT2D eigenvalue weighted by molar-refractivity contribution is 5.67. The van der Waals surface area contributed by atoms with Crippen molar-refractivity contribution >= 4 is 5.97 Å². The number of carboxylic acids is 1. The van der Waals surface area contributed by atoms with Crippen LogP contribution in [0.3, 0.4) is 0 Å². The molecule has 0 aromatic heterocycles. The number of hydrogen-bond acceptors (Lipinski definition) is 2. The Morgan fingerprint density at radius 2 is 2.07 bits per heavy atom. The molecule has 1 aliphatic rings. The molecule has 0 aromatic rings. The first-order valence-electron chi connectivity index (χ1n) is 6.02. The van der Waals surface area contributed by atoms with Crippen LogP contribution in [0.15, 0.2) is 0 Å². The van der Waals surface area contributed by atoms with Gasteiger partial charge in [0.15, 0.2) is 0 Å². The zero-order valence-corrected chi connectivity index (χ0v) is 9.83. The molecular weight excluding hydrogens is 190 g/mol. The Labute approximate surface area is 92.3 Å². The van der Waals surface area contributed by atoms with Crippen molar-refractivity contribution in [3.63, 3.8) is 0 Å². The van der Waals surface area contributed by atoms with Gasteiger partial charge in [-0.3, -0.25) is 4.79 Å². The fraction of sp³-hybridized carbons (Fsp3) is 0.917. The van der Waals surface area contributed by atoms with Gasteiger partial charge in [-0.05, 0) is 25.3 Å². The predicted octanol–water partition coefficient (Wildman–Crippen LogP) is 2.27. The van der Waals surface area contributed by atoms with Gasteiger partial charge in [-0.1, -0.05) is 32.6 Å². The second kappa shape index (κ2) is 6.11. The lowest BCUT2D eigenvalue weighted by atomic mass is 9.86. The number of nitrogens with one attached hydrogen (secondary N) is 1. The Kier molecular flexibility index (Phi) is 5.09. The van der Waals surface area contributed by atoms with Crippen LogP contribution in [0.4, 0.5) is 0 Å². The first-order chi connectivity index (χ1) is 7.13. The van der Waals surface area contributed by atoms with Crippen LogP contribution in [0.5, 0.6) is 0 Å². The van der Waals surface area contributed by atoms with E-state index in [2.05, 4.69) is 12.2 Å². The standard InChI is InChI=1S/C12H23NO2/c1-9(10-5-3-4-6-10)7-11(13-2)8-12(14)15/h9-11,13H,3-8H2,1-2H3,(H,14,15). The monoisotopic (exact) mass is 213 g/mol. The van der Waals surface area contributed by atoms with Crippen LogP contribution in [0, 0.1) is 11.8 Å². The molecule has 0 radical (unpaired) electrons. The fourth-order valence-electron chi connectivity index (χ4n) is 2.68. The Morgan fingerprint density at radius 3 is 2.53 bits per heavy atom. The summed E-state index contributed by atoms with van der Waals surface area (Å²) < 4.78 is 0. The molecule has 0 spiro atoms. The Morgan fingerprint density at radius 1 is 1.47 bits per heavy atom. The van der Waals surface area contributed by atoms with Gasteiger partial charge in [-0.15, -0.1) is 0 Å². The molecule has 2 unspecified atom stereocenters. The molecule has 3 nitrogen and oxygen atoms in total. The summed E-state index contributed by atoms with van der Waals surface area (Å²) in [6, 6.07) is 0.137. The molecule has 3 heteroatoms. The predicted molar refractivity (Wildman–Crippen MR) is 60.8 cm³/mol. The van der Waals surface area contributed by atoms with Gasteiger partial charge in [0.1, 0.15) is 0 Å². The normalized spacial score (nSPS) is 21.5. The lowest BCUT2D eigenvalue weighted by Crippen LogP contribution is -2.31. The van der Waals surface area contributed by atoms with E-state index in [-0.39, 0.29) is 12.5 Å². The third-order valence-electron chi connectivity index (χ3n) is 3.69. The van der Waals surface area contributed by atoms with Crippen molar-refractivity contribution in [1.82, 2.24) is 5.32 Å². The summed E-state index contributed by atoms with van der Waals surface area (Å²) in [5.74, 6) is 0.784. The van der Waals surface area contributed by atoms with Crippen LogP contribution in [-0.4, -0.2) is 24.2 Å².